The van der Waals surface area contributed by atoms with Gasteiger partial charge in [-0.25, -0.2) is 9.69 Å². The highest BCUT2D eigenvalue weighted by molar-refractivity contribution is 9.10. The fourth-order valence-electron chi connectivity index (χ4n) is 3.58. The fourth-order valence-corrected chi connectivity index (χ4v) is 4.03. The molecule has 0 unspecified atom stereocenters. The van der Waals surface area contributed by atoms with Crippen LogP contribution in [0.3, 0.4) is 0 Å². The molecule has 1 N–H and O–H groups in total. The number of hydrogen-bond donors (Lipinski definition) is 1. The number of carbonyl (C=O) groups excluding carboxylic acids is 3. The van der Waals surface area contributed by atoms with Crippen molar-refractivity contribution in [2.24, 2.45) is 0 Å². The minimum atomic E-state index is -0.779. The van der Waals surface area contributed by atoms with Crippen molar-refractivity contribution in [1.82, 2.24) is 9.88 Å². The molecule has 0 saturated carbocycles. The molecule has 2 aromatic carbocycles. The molecular weight excluding hydrogens is 482 g/mol. The number of halogens is 2. The van der Waals surface area contributed by atoms with Crippen molar-refractivity contribution in [3.8, 4) is 5.69 Å². The molecule has 0 spiro atoms. The van der Waals surface area contributed by atoms with Gasteiger partial charge in [-0.3, -0.25) is 14.9 Å². The molecule has 0 bridgehead atoms. The van der Waals surface area contributed by atoms with Gasteiger partial charge in [0.05, 0.1) is 5.69 Å². The summed E-state index contributed by atoms with van der Waals surface area (Å²) in [7, 11) is 0. The third-order valence-corrected chi connectivity index (χ3v) is 5.79. The van der Waals surface area contributed by atoms with Crippen molar-refractivity contribution < 1.29 is 14.4 Å². The first kappa shape index (κ1) is 21.1. The number of amides is 4. The number of hydrogen-bond acceptors (Lipinski definition) is 3. The number of aromatic nitrogens is 1. The van der Waals surface area contributed by atoms with Crippen molar-refractivity contribution in [3.05, 3.63) is 86.6 Å². The van der Waals surface area contributed by atoms with E-state index in [0.717, 1.165) is 26.4 Å². The molecule has 1 fully saturated rings. The highest BCUT2D eigenvalue weighted by atomic mass is 79.9. The molecule has 2 heterocycles. The topological polar surface area (TPSA) is 71.4 Å². The maximum absolute atomic E-state index is 13.1. The minimum absolute atomic E-state index is 0.117. The van der Waals surface area contributed by atoms with Crippen LogP contribution in [0.15, 0.2) is 64.6 Å². The zero-order valence-electron chi connectivity index (χ0n) is 16.6. The zero-order valence-corrected chi connectivity index (χ0v) is 19.0. The van der Waals surface area contributed by atoms with Crippen molar-refractivity contribution in [3.63, 3.8) is 0 Å². The smallest absolute Gasteiger partial charge is 0.318 e. The molecule has 4 amide bonds. The Morgan fingerprint density at radius 1 is 0.968 bits per heavy atom. The number of rotatable bonds is 3. The summed E-state index contributed by atoms with van der Waals surface area (Å²) in [6.07, 6.45) is 1.51. The zero-order chi connectivity index (χ0) is 22.3. The lowest BCUT2D eigenvalue weighted by molar-refractivity contribution is -0.122. The summed E-state index contributed by atoms with van der Waals surface area (Å²) in [6.45, 7) is 3.82. The van der Waals surface area contributed by atoms with Crippen molar-refractivity contribution in [2.45, 2.75) is 13.8 Å². The lowest BCUT2D eigenvalue weighted by Gasteiger charge is -2.26. The van der Waals surface area contributed by atoms with E-state index in [1.807, 2.05) is 42.7 Å². The van der Waals surface area contributed by atoms with Crippen LogP contribution in [0.25, 0.3) is 11.8 Å². The van der Waals surface area contributed by atoms with Gasteiger partial charge in [-0.05, 0) is 74.0 Å². The summed E-state index contributed by atoms with van der Waals surface area (Å²) in [5.74, 6) is -1.40. The molecule has 31 heavy (non-hydrogen) atoms. The summed E-state index contributed by atoms with van der Waals surface area (Å²) >= 11 is 9.46. The van der Waals surface area contributed by atoms with Gasteiger partial charge in [0.1, 0.15) is 5.57 Å². The first-order chi connectivity index (χ1) is 14.8. The van der Waals surface area contributed by atoms with E-state index >= 15 is 0 Å². The van der Waals surface area contributed by atoms with Crippen LogP contribution in [0.5, 0.6) is 0 Å². The first-order valence-electron chi connectivity index (χ1n) is 9.38. The third kappa shape index (κ3) is 3.94. The number of anilines is 1. The van der Waals surface area contributed by atoms with Crippen molar-refractivity contribution in [1.29, 1.82) is 0 Å². The largest absolute Gasteiger partial charge is 0.335 e. The molecule has 1 aliphatic heterocycles. The highest BCUT2D eigenvalue weighted by Crippen LogP contribution is 2.27. The minimum Gasteiger partial charge on any atom is -0.318 e. The van der Waals surface area contributed by atoms with E-state index in [2.05, 4.69) is 21.2 Å². The van der Waals surface area contributed by atoms with Gasteiger partial charge in [0.25, 0.3) is 11.8 Å². The highest BCUT2D eigenvalue weighted by Gasteiger charge is 2.37. The van der Waals surface area contributed by atoms with Crippen LogP contribution < -0.4 is 10.2 Å². The molecule has 8 heteroatoms. The third-order valence-electron chi connectivity index (χ3n) is 5.02. The molecule has 0 atom stereocenters. The lowest BCUT2D eigenvalue weighted by Crippen LogP contribution is -2.54. The second-order valence-electron chi connectivity index (χ2n) is 7.08. The molecule has 4 rings (SSSR count). The number of benzene rings is 2. The van der Waals surface area contributed by atoms with Gasteiger partial charge < -0.3 is 4.57 Å². The van der Waals surface area contributed by atoms with Gasteiger partial charge in [0.15, 0.2) is 0 Å². The van der Waals surface area contributed by atoms with Gasteiger partial charge >= 0.3 is 6.03 Å². The molecule has 0 radical (unpaired) electrons. The van der Waals surface area contributed by atoms with E-state index in [4.69, 9.17) is 11.6 Å². The summed E-state index contributed by atoms with van der Waals surface area (Å²) in [6, 6.07) is 15.2. The predicted molar refractivity (Wildman–Crippen MR) is 123 cm³/mol. The molecule has 6 nitrogen and oxygen atoms in total. The van der Waals surface area contributed by atoms with Gasteiger partial charge in [-0.1, -0.05) is 33.6 Å². The lowest BCUT2D eigenvalue weighted by atomic mass is 10.1. The SMILES string of the molecule is Cc1cc(/C=C2\C(=O)NC(=O)N(c3ccc(Br)cc3)C2=O)c(C)n1-c1cccc(Cl)c1. The Hall–Kier alpha value is -3.16. The number of barbiturate groups is 1. The maximum Gasteiger partial charge on any atom is 0.335 e. The van der Waals surface area contributed by atoms with Crippen LogP contribution >= 0.6 is 27.5 Å². The Morgan fingerprint density at radius 2 is 1.68 bits per heavy atom. The number of aryl methyl sites for hydroxylation is 1. The summed E-state index contributed by atoms with van der Waals surface area (Å²) < 4.78 is 2.79. The first-order valence-corrected chi connectivity index (χ1v) is 10.6. The molecule has 0 aliphatic carbocycles. The Labute approximate surface area is 192 Å². The quantitative estimate of drug-likeness (QED) is 0.400. The van der Waals surface area contributed by atoms with Crippen LogP contribution in [-0.4, -0.2) is 22.4 Å². The normalized spacial score (nSPS) is 15.5. The van der Waals surface area contributed by atoms with Crippen molar-refractivity contribution >= 4 is 57.1 Å². The summed E-state index contributed by atoms with van der Waals surface area (Å²) in [5, 5.41) is 2.85. The fraction of sp³-hybridized carbons (Fsp3) is 0.0870. The van der Waals surface area contributed by atoms with E-state index in [1.54, 1.807) is 30.3 Å². The number of nitrogens with zero attached hydrogens (tertiary/aromatic N) is 2. The van der Waals surface area contributed by atoms with E-state index in [9.17, 15) is 14.4 Å². The Kier molecular flexibility index (Phi) is 5.56. The number of carbonyl (C=O) groups is 3. The second-order valence-corrected chi connectivity index (χ2v) is 8.43. The molecule has 1 aromatic heterocycles. The van der Waals surface area contributed by atoms with Gasteiger partial charge in [0, 0.05) is 26.6 Å². The van der Waals surface area contributed by atoms with Crippen LogP contribution in [0.1, 0.15) is 17.0 Å². The van der Waals surface area contributed by atoms with Gasteiger partial charge in [-0.2, -0.15) is 0 Å². The Bertz CT molecular complexity index is 1260. The average Bonchev–Trinajstić information content (AvgIpc) is 2.99. The Morgan fingerprint density at radius 3 is 2.35 bits per heavy atom. The molecule has 3 aromatic rings. The Balaban J connectivity index is 1.76. The van der Waals surface area contributed by atoms with E-state index in [-0.39, 0.29) is 5.57 Å². The van der Waals surface area contributed by atoms with E-state index < -0.39 is 17.8 Å². The summed E-state index contributed by atoms with van der Waals surface area (Å²) in [5.41, 5.74) is 3.57. The summed E-state index contributed by atoms with van der Waals surface area (Å²) in [4.78, 5) is 38.9. The van der Waals surface area contributed by atoms with Crippen LogP contribution in [0.4, 0.5) is 10.5 Å². The number of imide groups is 2. The molecule has 156 valence electrons. The standard InChI is InChI=1S/C23H17BrClN3O3/c1-13-10-15(14(2)27(13)19-5-3-4-17(25)12-19)11-20-21(29)26-23(31)28(22(20)30)18-8-6-16(24)7-9-18/h3-12H,1-2H3,(H,26,29,31)/b20-11+. The number of nitrogens with one attached hydrogen (secondary N) is 1. The maximum atomic E-state index is 13.1. The van der Waals surface area contributed by atoms with E-state index in [0.29, 0.717) is 16.3 Å². The predicted octanol–water partition coefficient (Wildman–Crippen LogP) is 5.18. The average molecular weight is 499 g/mol. The second kappa shape index (κ2) is 8.17. The van der Waals surface area contributed by atoms with Gasteiger partial charge in [0.2, 0.25) is 0 Å². The monoisotopic (exact) mass is 497 g/mol. The molecular formula is C23H17BrClN3O3. The van der Waals surface area contributed by atoms with Crippen molar-refractivity contribution in [2.75, 3.05) is 4.90 Å². The molecule has 1 saturated heterocycles. The van der Waals surface area contributed by atoms with Crippen LogP contribution in [0.2, 0.25) is 5.02 Å². The molecule has 1 aliphatic rings. The van der Waals surface area contributed by atoms with Crippen LogP contribution in [-0.2, 0) is 9.59 Å². The number of urea groups is 1. The van der Waals surface area contributed by atoms with Crippen LogP contribution in [0, 0.1) is 13.8 Å². The van der Waals surface area contributed by atoms with E-state index in [1.165, 1.54) is 6.08 Å². The van der Waals surface area contributed by atoms with Gasteiger partial charge in [-0.15, -0.1) is 0 Å².